The maximum absolute atomic E-state index is 13.2. The summed E-state index contributed by atoms with van der Waals surface area (Å²) in [5.41, 5.74) is 0.480. The summed E-state index contributed by atoms with van der Waals surface area (Å²) in [6.07, 6.45) is -3.07. The molecule has 2 aliphatic heterocycles. The van der Waals surface area contributed by atoms with Gasteiger partial charge in [0.2, 0.25) is 24.2 Å². The molecule has 1 aromatic heterocycles. The first kappa shape index (κ1) is 21.0. The number of halogens is 3. The lowest BCUT2D eigenvalue weighted by molar-refractivity contribution is -0.137. The molecule has 33 heavy (non-hydrogen) atoms. The van der Waals surface area contributed by atoms with Gasteiger partial charge < -0.3 is 24.3 Å². The van der Waals surface area contributed by atoms with Gasteiger partial charge in [0, 0.05) is 23.6 Å². The molecule has 3 heterocycles. The molecule has 1 N–H and O–H groups in total. The third-order valence-corrected chi connectivity index (χ3v) is 5.62. The van der Waals surface area contributed by atoms with E-state index < -0.39 is 17.7 Å². The highest BCUT2D eigenvalue weighted by molar-refractivity contribution is 5.94. The van der Waals surface area contributed by atoms with E-state index in [1.54, 1.807) is 6.07 Å². The van der Waals surface area contributed by atoms with Crippen LogP contribution in [0.2, 0.25) is 0 Å². The molecule has 0 radical (unpaired) electrons. The number of nitrogens with one attached hydrogen (secondary N) is 1. The van der Waals surface area contributed by atoms with Gasteiger partial charge >= 0.3 is 6.18 Å². The average molecular weight is 461 g/mol. The van der Waals surface area contributed by atoms with Crippen LogP contribution < -0.4 is 24.3 Å². The van der Waals surface area contributed by atoms with Crippen LogP contribution in [0.4, 0.5) is 19.0 Å². The van der Waals surface area contributed by atoms with Crippen molar-refractivity contribution >= 4 is 11.7 Å². The summed E-state index contributed by atoms with van der Waals surface area (Å²) in [4.78, 5) is 17.1. The highest BCUT2D eigenvalue weighted by Gasteiger charge is 2.37. The Hall–Kier alpha value is -3.89. The average Bonchev–Trinajstić information content (AvgIpc) is 3.44. The Balaban J connectivity index is 1.65. The van der Waals surface area contributed by atoms with Gasteiger partial charge in [-0.15, -0.1) is 0 Å². The standard InChI is InChI=1S/C22H18F3N3O5/c1-30-15-7-14(18(31-2)20-19(15)32-10-33-20)13-8-16(29)27-21-17(13)26-9-28(21)12-5-3-4-11(6-12)22(23,24)25/h3-7,9,13H,8,10H2,1-2H3,(H,27,29)/t13-/m0/s1. The predicted molar refractivity (Wildman–Crippen MR) is 109 cm³/mol. The molecule has 0 spiro atoms. The van der Waals surface area contributed by atoms with Gasteiger partial charge in [-0.1, -0.05) is 6.07 Å². The lowest BCUT2D eigenvalue weighted by Gasteiger charge is -2.25. The first-order valence-electron chi connectivity index (χ1n) is 9.91. The van der Waals surface area contributed by atoms with Gasteiger partial charge in [-0.3, -0.25) is 9.36 Å². The molecule has 5 rings (SSSR count). The lowest BCUT2D eigenvalue weighted by Crippen LogP contribution is -2.25. The van der Waals surface area contributed by atoms with E-state index in [4.69, 9.17) is 18.9 Å². The monoisotopic (exact) mass is 461 g/mol. The Morgan fingerprint density at radius 1 is 1.15 bits per heavy atom. The molecule has 0 aliphatic carbocycles. The summed E-state index contributed by atoms with van der Waals surface area (Å²) in [7, 11) is 2.95. The maximum Gasteiger partial charge on any atom is 0.416 e. The largest absolute Gasteiger partial charge is 0.493 e. The number of carbonyl (C=O) groups is 1. The van der Waals surface area contributed by atoms with E-state index in [2.05, 4.69) is 10.3 Å². The molecule has 2 aromatic carbocycles. The van der Waals surface area contributed by atoms with E-state index in [1.165, 1.54) is 37.2 Å². The number of amides is 1. The molecule has 0 saturated carbocycles. The minimum atomic E-state index is -4.50. The first-order valence-corrected chi connectivity index (χ1v) is 9.91. The van der Waals surface area contributed by atoms with Crippen LogP contribution in [0.15, 0.2) is 36.7 Å². The summed E-state index contributed by atoms with van der Waals surface area (Å²) in [5.74, 6) is 0.948. The highest BCUT2D eigenvalue weighted by Crippen LogP contribution is 2.53. The van der Waals surface area contributed by atoms with Crippen molar-refractivity contribution in [3.63, 3.8) is 0 Å². The summed E-state index contributed by atoms with van der Waals surface area (Å²) < 4.78 is 63.1. The smallest absolute Gasteiger partial charge is 0.416 e. The van der Waals surface area contributed by atoms with Gasteiger partial charge in [-0.2, -0.15) is 13.2 Å². The number of anilines is 1. The van der Waals surface area contributed by atoms with Gasteiger partial charge in [0.1, 0.15) is 12.1 Å². The molecular formula is C22H18F3N3O5. The van der Waals surface area contributed by atoms with Crippen molar-refractivity contribution in [3.05, 3.63) is 53.5 Å². The second kappa shape index (κ2) is 7.61. The summed E-state index contributed by atoms with van der Waals surface area (Å²) >= 11 is 0. The molecule has 0 bridgehead atoms. The minimum absolute atomic E-state index is 0.00785. The Morgan fingerprint density at radius 2 is 1.94 bits per heavy atom. The molecule has 172 valence electrons. The molecule has 1 amide bonds. The van der Waals surface area contributed by atoms with Crippen molar-refractivity contribution in [3.8, 4) is 28.7 Å². The van der Waals surface area contributed by atoms with Crippen LogP contribution in [0, 0.1) is 0 Å². The number of carbonyl (C=O) groups excluding carboxylic acids is 1. The Morgan fingerprint density at radius 3 is 2.67 bits per heavy atom. The zero-order valence-electron chi connectivity index (χ0n) is 17.5. The third-order valence-electron chi connectivity index (χ3n) is 5.62. The van der Waals surface area contributed by atoms with Gasteiger partial charge in [0.05, 0.1) is 25.5 Å². The van der Waals surface area contributed by atoms with E-state index in [0.29, 0.717) is 34.3 Å². The number of hydrogen-bond acceptors (Lipinski definition) is 6. The number of alkyl halides is 3. The van der Waals surface area contributed by atoms with Crippen LogP contribution >= 0.6 is 0 Å². The number of fused-ring (bicyclic) bond motifs is 2. The lowest BCUT2D eigenvalue weighted by atomic mass is 9.88. The fourth-order valence-corrected chi connectivity index (χ4v) is 4.15. The van der Waals surface area contributed by atoms with Crippen LogP contribution in [-0.4, -0.2) is 36.5 Å². The zero-order valence-corrected chi connectivity index (χ0v) is 17.5. The quantitative estimate of drug-likeness (QED) is 0.630. The topological polar surface area (TPSA) is 83.8 Å². The van der Waals surface area contributed by atoms with E-state index in [-0.39, 0.29) is 30.6 Å². The van der Waals surface area contributed by atoms with Crippen LogP contribution in [0.1, 0.15) is 29.2 Å². The number of aromatic nitrogens is 2. The maximum atomic E-state index is 13.2. The minimum Gasteiger partial charge on any atom is -0.493 e. The van der Waals surface area contributed by atoms with Crippen molar-refractivity contribution in [1.29, 1.82) is 0 Å². The number of methoxy groups -OCH3 is 2. The van der Waals surface area contributed by atoms with Gasteiger partial charge in [-0.05, 0) is 24.3 Å². The van der Waals surface area contributed by atoms with Crippen molar-refractivity contribution in [2.75, 3.05) is 26.3 Å². The first-order chi connectivity index (χ1) is 15.8. The SMILES string of the molecule is COc1cc([C@@H]2CC(=O)Nc3c2ncn3-c2cccc(C(F)(F)F)c2)c(OC)c2c1OCO2. The summed E-state index contributed by atoms with van der Waals surface area (Å²) in [5, 5.41) is 2.74. The van der Waals surface area contributed by atoms with Gasteiger partial charge in [0.15, 0.2) is 11.5 Å². The predicted octanol–water partition coefficient (Wildman–Crippen LogP) is 4.11. The number of ether oxygens (including phenoxy) is 4. The zero-order chi connectivity index (χ0) is 23.3. The summed E-state index contributed by atoms with van der Waals surface area (Å²) in [6.45, 7) is -0.00785. The molecular weight excluding hydrogens is 443 g/mol. The van der Waals surface area contributed by atoms with Crippen molar-refractivity contribution in [1.82, 2.24) is 9.55 Å². The molecule has 8 nitrogen and oxygen atoms in total. The van der Waals surface area contributed by atoms with E-state index in [0.717, 1.165) is 12.1 Å². The summed E-state index contributed by atoms with van der Waals surface area (Å²) in [6, 6.07) is 6.50. The van der Waals surface area contributed by atoms with Crippen molar-refractivity contribution in [2.45, 2.75) is 18.5 Å². The molecule has 11 heteroatoms. The molecule has 2 aliphatic rings. The van der Waals surface area contributed by atoms with E-state index in [9.17, 15) is 18.0 Å². The Kier molecular flexibility index (Phi) is 4.84. The molecule has 0 fully saturated rings. The van der Waals surface area contributed by atoms with Gasteiger partial charge in [-0.25, -0.2) is 4.98 Å². The van der Waals surface area contributed by atoms with E-state index >= 15 is 0 Å². The normalized spacial score (nSPS) is 16.9. The molecule has 0 saturated heterocycles. The molecule has 0 unspecified atom stereocenters. The molecule has 1 atom stereocenters. The van der Waals surface area contributed by atoms with E-state index in [1.807, 2.05) is 0 Å². The fraction of sp³-hybridized carbons (Fsp3) is 0.273. The van der Waals surface area contributed by atoms with Crippen LogP contribution in [0.25, 0.3) is 5.69 Å². The van der Waals surface area contributed by atoms with Gasteiger partial charge in [0.25, 0.3) is 0 Å². The second-order valence-corrected chi connectivity index (χ2v) is 7.47. The molecule has 3 aromatic rings. The second-order valence-electron chi connectivity index (χ2n) is 7.47. The Bertz CT molecular complexity index is 1250. The van der Waals surface area contributed by atoms with Crippen molar-refractivity contribution in [2.24, 2.45) is 0 Å². The number of rotatable bonds is 4. The fourth-order valence-electron chi connectivity index (χ4n) is 4.15. The number of hydrogen-bond donors (Lipinski definition) is 1. The highest BCUT2D eigenvalue weighted by atomic mass is 19.4. The number of benzene rings is 2. The third kappa shape index (κ3) is 3.40. The van der Waals surface area contributed by atoms with Crippen LogP contribution in [0.5, 0.6) is 23.0 Å². The van der Waals surface area contributed by atoms with Crippen LogP contribution in [0.3, 0.4) is 0 Å². The Labute approximate surface area is 185 Å². The van der Waals surface area contributed by atoms with Crippen LogP contribution in [-0.2, 0) is 11.0 Å². The number of nitrogens with zero attached hydrogens (tertiary/aromatic N) is 2. The van der Waals surface area contributed by atoms with Crippen molar-refractivity contribution < 1.29 is 36.9 Å². The number of imidazole rings is 1.